The van der Waals surface area contributed by atoms with E-state index in [0.717, 1.165) is 6.54 Å². The molecule has 0 aliphatic rings. The van der Waals surface area contributed by atoms with Crippen LogP contribution in [0.2, 0.25) is 0 Å². The van der Waals surface area contributed by atoms with E-state index in [9.17, 15) is 4.79 Å². The van der Waals surface area contributed by atoms with Gasteiger partial charge >= 0.3 is 6.03 Å². The van der Waals surface area contributed by atoms with Crippen molar-refractivity contribution in [1.29, 1.82) is 0 Å². The van der Waals surface area contributed by atoms with Gasteiger partial charge in [0, 0.05) is 19.3 Å². The maximum atomic E-state index is 11.2. The number of rotatable bonds is 4. The summed E-state index contributed by atoms with van der Waals surface area (Å²) in [6, 6.07) is 5.11. The fourth-order valence-electron chi connectivity index (χ4n) is 0.898. The van der Waals surface area contributed by atoms with Crippen molar-refractivity contribution in [1.82, 2.24) is 15.6 Å². The fourth-order valence-corrected chi connectivity index (χ4v) is 0.898. The van der Waals surface area contributed by atoms with Gasteiger partial charge in [-0.05, 0) is 19.2 Å². The number of carbonyl (C=O) groups excluding carboxylic acids is 1. The van der Waals surface area contributed by atoms with Crippen molar-refractivity contribution < 1.29 is 4.79 Å². The Morgan fingerprint density at radius 1 is 1.43 bits per heavy atom. The molecular formula is C9H14N4O. The molecule has 0 unspecified atom stereocenters. The molecule has 1 heterocycles. The summed E-state index contributed by atoms with van der Waals surface area (Å²) < 4.78 is 0. The van der Waals surface area contributed by atoms with E-state index >= 15 is 0 Å². The topological polar surface area (TPSA) is 66.0 Å². The molecule has 0 aliphatic heterocycles. The number of carbonyl (C=O) groups is 1. The lowest BCUT2D eigenvalue weighted by molar-refractivity contribution is 0.252. The van der Waals surface area contributed by atoms with Crippen LogP contribution in [-0.4, -0.2) is 31.2 Å². The van der Waals surface area contributed by atoms with Gasteiger partial charge in [-0.3, -0.25) is 5.32 Å². The first-order valence-corrected chi connectivity index (χ1v) is 4.43. The lowest BCUT2D eigenvalue weighted by Crippen LogP contribution is -2.33. The first-order chi connectivity index (χ1) is 6.83. The van der Waals surface area contributed by atoms with Crippen LogP contribution >= 0.6 is 0 Å². The Bertz CT molecular complexity index is 275. The van der Waals surface area contributed by atoms with Crippen molar-refractivity contribution in [2.75, 3.05) is 25.5 Å². The summed E-state index contributed by atoms with van der Waals surface area (Å²) in [7, 11) is 1.83. The van der Waals surface area contributed by atoms with Crippen LogP contribution in [0.15, 0.2) is 24.4 Å². The molecule has 2 amide bonds. The van der Waals surface area contributed by atoms with Crippen LogP contribution < -0.4 is 16.0 Å². The van der Waals surface area contributed by atoms with Crippen LogP contribution in [0.4, 0.5) is 10.6 Å². The van der Waals surface area contributed by atoms with Gasteiger partial charge in [-0.2, -0.15) is 0 Å². The number of hydrogen-bond donors (Lipinski definition) is 3. The third-order valence-electron chi connectivity index (χ3n) is 1.57. The molecule has 5 nitrogen and oxygen atoms in total. The highest BCUT2D eigenvalue weighted by Gasteiger charge is 1.99. The highest BCUT2D eigenvalue weighted by Crippen LogP contribution is 1.98. The highest BCUT2D eigenvalue weighted by molar-refractivity contribution is 5.88. The molecule has 0 saturated carbocycles. The summed E-state index contributed by atoms with van der Waals surface area (Å²) in [5.41, 5.74) is 0. The van der Waals surface area contributed by atoms with Crippen molar-refractivity contribution in [3.05, 3.63) is 24.4 Å². The summed E-state index contributed by atoms with van der Waals surface area (Å²) in [6.45, 7) is 1.34. The van der Waals surface area contributed by atoms with Gasteiger partial charge in [0.25, 0.3) is 0 Å². The minimum absolute atomic E-state index is 0.237. The van der Waals surface area contributed by atoms with Crippen LogP contribution in [0, 0.1) is 0 Å². The van der Waals surface area contributed by atoms with E-state index in [4.69, 9.17) is 0 Å². The molecule has 1 aromatic rings. The third kappa shape index (κ3) is 3.86. The van der Waals surface area contributed by atoms with E-state index in [-0.39, 0.29) is 6.03 Å². The van der Waals surface area contributed by atoms with Crippen LogP contribution in [-0.2, 0) is 0 Å². The molecule has 14 heavy (non-hydrogen) atoms. The van der Waals surface area contributed by atoms with Gasteiger partial charge in [0.2, 0.25) is 0 Å². The Labute approximate surface area is 82.9 Å². The molecule has 0 saturated heterocycles. The lowest BCUT2D eigenvalue weighted by Gasteiger charge is -2.05. The summed E-state index contributed by atoms with van der Waals surface area (Å²) in [5.74, 6) is 0.550. The van der Waals surface area contributed by atoms with Crippen LogP contribution in [0.3, 0.4) is 0 Å². The Morgan fingerprint density at radius 2 is 2.29 bits per heavy atom. The maximum absolute atomic E-state index is 11.2. The van der Waals surface area contributed by atoms with Crippen LogP contribution in [0.25, 0.3) is 0 Å². The molecule has 1 aromatic heterocycles. The van der Waals surface area contributed by atoms with Crippen LogP contribution in [0.1, 0.15) is 0 Å². The normalized spacial score (nSPS) is 9.50. The molecule has 76 valence electrons. The average molecular weight is 194 g/mol. The number of pyridine rings is 1. The smallest absolute Gasteiger partial charge is 0.320 e. The highest BCUT2D eigenvalue weighted by atomic mass is 16.2. The number of aromatic nitrogens is 1. The van der Waals surface area contributed by atoms with Crippen LogP contribution in [0.5, 0.6) is 0 Å². The second-order valence-electron chi connectivity index (χ2n) is 2.70. The minimum atomic E-state index is -0.237. The van der Waals surface area contributed by atoms with Crippen molar-refractivity contribution >= 4 is 11.8 Å². The zero-order chi connectivity index (χ0) is 10.2. The van der Waals surface area contributed by atoms with Crippen molar-refractivity contribution in [2.24, 2.45) is 0 Å². The first kappa shape index (κ1) is 10.5. The SMILES string of the molecule is CNCCNC(=O)Nc1ccccn1. The number of nitrogens with zero attached hydrogens (tertiary/aromatic N) is 1. The Morgan fingerprint density at radius 3 is 2.93 bits per heavy atom. The lowest BCUT2D eigenvalue weighted by atomic mass is 10.5. The number of nitrogens with one attached hydrogen (secondary N) is 3. The predicted molar refractivity (Wildman–Crippen MR) is 55.2 cm³/mol. The molecule has 0 spiro atoms. The van der Waals surface area contributed by atoms with Gasteiger partial charge in [-0.1, -0.05) is 6.07 Å². The quantitative estimate of drug-likeness (QED) is 0.609. The van der Waals surface area contributed by atoms with E-state index < -0.39 is 0 Å². The predicted octanol–water partition coefficient (Wildman–Crippen LogP) is 0.422. The van der Waals surface area contributed by atoms with Crippen molar-refractivity contribution in [2.45, 2.75) is 0 Å². The summed E-state index contributed by atoms with van der Waals surface area (Å²) in [4.78, 5) is 15.2. The van der Waals surface area contributed by atoms with Gasteiger partial charge in [0.05, 0.1) is 0 Å². The van der Waals surface area contributed by atoms with Gasteiger partial charge in [-0.15, -0.1) is 0 Å². The summed E-state index contributed by atoms with van der Waals surface area (Å²) in [5, 5.41) is 8.22. The fraction of sp³-hybridized carbons (Fsp3) is 0.333. The van der Waals surface area contributed by atoms with Crippen molar-refractivity contribution in [3.63, 3.8) is 0 Å². The molecule has 1 rings (SSSR count). The molecule has 0 fully saturated rings. The van der Waals surface area contributed by atoms with Gasteiger partial charge in [-0.25, -0.2) is 9.78 Å². The average Bonchev–Trinajstić information content (AvgIpc) is 2.20. The zero-order valence-corrected chi connectivity index (χ0v) is 8.08. The molecule has 0 radical (unpaired) electrons. The zero-order valence-electron chi connectivity index (χ0n) is 8.08. The number of likely N-dealkylation sites (N-methyl/N-ethyl adjacent to an activating group) is 1. The van der Waals surface area contributed by atoms with E-state index in [2.05, 4.69) is 20.9 Å². The van der Waals surface area contributed by atoms with E-state index in [1.54, 1.807) is 18.3 Å². The number of anilines is 1. The Kier molecular flexibility index (Phi) is 4.43. The second-order valence-corrected chi connectivity index (χ2v) is 2.70. The van der Waals surface area contributed by atoms with Gasteiger partial charge in [0.1, 0.15) is 5.82 Å². The number of urea groups is 1. The number of amides is 2. The molecule has 3 N–H and O–H groups in total. The summed E-state index contributed by atoms with van der Waals surface area (Å²) in [6.07, 6.45) is 1.63. The maximum Gasteiger partial charge on any atom is 0.320 e. The molecule has 0 aromatic carbocycles. The van der Waals surface area contributed by atoms with E-state index in [0.29, 0.717) is 12.4 Å². The largest absolute Gasteiger partial charge is 0.337 e. The van der Waals surface area contributed by atoms with E-state index in [1.807, 2.05) is 13.1 Å². The van der Waals surface area contributed by atoms with Gasteiger partial charge < -0.3 is 10.6 Å². The molecular weight excluding hydrogens is 180 g/mol. The molecule has 5 heteroatoms. The first-order valence-electron chi connectivity index (χ1n) is 4.43. The van der Waals surface area contributed by atoms with Gasteiger partial charge in [0.15, 0.2) is 0 Å². The molecule has 0 atom stereocenters. The molecule has 0 aliphatic carbocycles. The Hall–Kier alpha value is -1.62. The minimum Gasteiger partial charge on any atom is -0.337 e. The standard InChI is InChI=1S/C9H14N4O/c1-10-6-7-12-9(14)13-8-4-2-3-5-11-8/h2-5,10H,6-7H2,1H3,(H2,11,12,13,14). The third-order valence-corrected chi connectivity index (χ3v) is 1.57. The summed E-state index contributed by atoms with van der Waals surface area (Å²) >= 11 is 0. The molecule has 0 bridgehead atoms. The van der Waals surface area contributed by atoms with Crippen molar-refractivity contribution in [3.8, 4) is 0 Å². The van der Waals surface area contributed by atoms with E-state index in [1.165, 1.54) is 0 Å². The monoisotopic (exact) mass is 194 g/mol. The Balaban J connectivity index is 2.27. The number of hydrogen-bond acceptors (Lipinski definition) is 3. The second kappa shape index (κ2) is 5.93.